The third kappa shape index (κ3) is 2.24. The van der Waals surface area contributed by atoms with Gasteiger partial charge in [0.25, 0.3) is 0 Å². The summed E-state index contributed by atoms with van der Waals surface area (Å²) in [5.41, 5.74) is -2.54. The van der Waals surface area contributed by atoms with Crippen molar-refractivity contribution in [1.29, 1.82) is 0 Å². The van der Waals surface area contributed by atoms with Crippen LogP contribution in [0.2, 0.25) is 5.02 Å². The van der Waals surface area contributed by atoms with Gasteiger partial charge in [-0.3, -0.25) is 9.59 Å². The Hall–Kier alpha value is -1.36. The Kier molecular flexibility index (Phi) is 3.38. The molecular formula is C10H6ClF3O2. The SMILES string of the molecule is CC(=O)c1c(Cl)ccc(C=O)c1C(F)(F)F. The summed E-state index contributed by atoms with van der Waals surface area (Å²) in [6, 6.07) is 2.03. The fourth-order valence-corrected chi connectivity index (χ4v) is 1.63. The van der Waals surface area contributed by atoms with Gasteiger partial charge in [0.2, 0.25) is 0 Å². The van der Waals surface area contributed by atoms with E-state index in [0.717, 1.165) is 19.1 Å². The molecule has 0 atom stereocenters. The molecule has 0 saturated carbocycles. The van der Waals surface area contributed by atoms with Crippen LogP contribution in [0, 0.1) is 0 Å². The van der Waals surface area contributed by atoms with Gasteiger partial charge in [-0.2, -0.15) is 13.2 Å². The summed E-state index contributed by atoms with van der Waals surface area (Å²) in [4.78, 5) is 21.6. The zero-order valence-corrected chi connectivity index (χ0v) is 8.82. The molecule has 0 heterocycles. The molecular weight excluding hydrogens is 245 g/mol. The van der Waals surface area contributed by atoms with Gasteiger partial charge in [0.1, 0.15) is 0 Å². The lowest BCUT2D eigenvalue weighted by molar-refractivity contribution is -0.138. The summed E-state index contributed by atoms with van der Waals surface area (Å²) >= 11 is 5.52. The number of aldehydes is 1. The van der Waals surface area contributed by atoms with E-state index in [1.807, 2.05) is 0 Å². The zero-order chi connectivity index (χ0) is 12.5. The van der Waals surface area contributed by atoms with Crippen LogP contribution in [0.5, 0.6) is 0 Å². The third-order valence-corrected chi connectivity index (χ3v) is 2.26. The molecule has 16 heavy (non-hydrogen) atoms. The molecule has 0 saturated heterocycles. The summed E-state index contributed by atoms with van der Waals surface area (Å²) in [7, 11) is 0. The highest BCUT2D eigenvalue weighted by atomic mass is 35.5. The molecule has 0 aromatic heterocycles. The molecule has 0 bridgehead atoms. The molecule has 0 N–H and O–H groups in total. The van der Waals surface area contributed by atoms with Crippen molar-refractivity contribution in [3.05, 3.63) is 33.8 Å². The van der Waals surface area contributed by atoms with E-state index in [1.165, 1.54) is 0 Å². The first-order valence-electron chi connectivity index (χ1n) is 4.15. The van der Waals surface area contributed by atoms with Gasteiger partial charge in [0, 0.05) is 11.1 Å². The van der Waals surface area contributed by atoms with Crippen molar-refractivity contribution in [2.45, 2.75) is 13.1 Å². The van der Waals surface area contributed by atoms with Crippen LogP contribution in [0.1, 0.15) is 33.2 Å². The van der Waals surface area contributed by atoms with E-state index < -0.39 is 28.6 Å². The van der Waals surface area contributed by atoms with Gasteiger partial charge < -0.3 is 0 Å². The van der Waals surface area contributed by atoms with Crippen molar-refractivity contribution in [3.8, 4) is 0 Å². The van der Waals surface area contributed by atoms with Crippen LogP contribution in [0.4, 0.5) is 13.2 Å². The average Bonchev–Trinajstić information content (AvgIpc) is 2.15. The molecule has 0 unspecified atom stereocenters. The highest BCUT2D eigenvalue weighted by Crippen LogP contribution is 2.37. The standard InChI is InChI=1S/C10H6ClF3O2/c1-5(16)8-7(11)3-2-6(4-15)9(8)10(12,13)14/h2-4H,1H3. The van der Waals surface area contributed by atoms with Crippen molar-refractivity contribution in [1.82, 2.24) is 0 Å². The highest BCUT2D eigenvalue weighted by Gasteiger charge is 2.38. The number of Topliss-reactive ketones (excluding diaryl/α,β-unsaturated/α-hetero) is 1. The maximum absolute atomic E-state index is 12.7. The Morgan fingerprint density at radius 2 is 1.94 bits per heavy atom. The normalized spacial score (nSPS) is 11.3. The third-order valence-electron chi connectivity index (χ3n) is 1.95. The molecule has 0 amide bonds. The lowest BCUT2D eigenvalue weighted by Gasteiger charge is -2.14. The molecule has 0 spiro atoms. The van der Waals surface area contributed by atoms with E-state index in [0.29, 0.717) is 0 Å². The summed E-state index contributed by atoms with van der Waals surface area (Å²) in [6.07, 6.45) is -4.74. The van der Waals surface area contributed by atoms with E-state index in [4.69, 9.17) is 11.6 Å². The van der Waals surface area contributed by atoms with E-state index in [2.05, 4.69) is 0 Å². The molecule has 0 fully saturated rings. The van der Waals surface area contributed by atoms with Crippen molar-refractivity contribution in [2.75, 3.05) is 0 Å². The highest BCUT2D eigenvalue weighted by molar-refractivity contribution is 6.34. The maximum Gasteiger partial charge on any atom is 0.417 e. The monoisotopic (exact) mass is 250 g/mol. The number of alkyl halides is 3. The topological polar surface area (TPSA) is 34.1 Å². The van der Waals surface area contributed by atoms with Gasteiger partial charge in [-0.05, 0) is 19.1 Å². The van der Waals surface area contributed by atoms with Gasteiger partial charge in [0.15, 0.2) is 12.1 Å². The van der Waals surface area contributed by atoms with Crippen LogP contribution in [-0.4, -0.2) is 12.1 Å². The molecule has 1 aromatic rings. The number of rotatable bonds is 2. The molecule has 1 aromatic carbocycles. The van der Waals surface area contributed by atoms with Gasteiger partial charge in [0.05, 0.1) is 10.6 Å². The Labute approximate surface area is 94.0 Å². The molecule has 0 radical (unpaired) electrons. The van der Waals surface area contributed by atoms with Crippen LogP contribution in [-0.2, 0) is 6.18 Å². The number of hydrogen-bond acceptors (Lipinski definition) is 2. The average molecular weight is 251 g/mol. The molecule has 2 nitrogen and oxygen atoms in total. The number of benzene rings is 1. The van der Waals surface area contributed by atoms with E-state index in [9.17, 15) is 22.8 Å². The fourth-order valence-electron chi connectivity index (χ4n) is 1.34. The van der Waals surface area contributed by atoms with Crippen LogP contribution in [0.25, 0.3) is 0 Å². The smallest absolute Gasteiger partial charge is 0.298 e. The second kappa shape index (κ2) is 4.25. The number of carbonyl (C=O) groups excluding carboxylic acids is 2. The lowest BCUT2D eigenvalue weighted by atomic mass is 9.98. The minimum Gasteiger partial charge on any atom is -0.298 e. The van der Waals surface area contributed by atoms with Crippen LogP contribution in [0.15, 0.2) is 12.1 Å². The van der Waals surface area contributed by atoms with Crippen molar-refractivity contribution < 1.29 is 22.8 Å². The Morgan fingerprint density at radius 3 is 2.31 bits per heavy atom. The predicted octanol–water partition coefficient (Wildman–Crippen LogP) is 3.37. The minimum absolute atomic E-state index is 0.0472. The lowest BCUT2D eigenvalue weighted by Crippen LogP contribution is -2.15. The summed E-state index contributed by atoms with van der Waals surface area (Å²) in [5.74, 6) is -0.832. The van der Waals surface area contributed by atoms with Crippen LogP contribution in [0.3, 0.4) is 0 Å². The molecule has 0 aliphatic rings. The number of hydrogen-bond donors (Lipinski definition) is 0. The number of halogens is 4. The largest absolute Gasteiger partial charge is 0.417 e. The summed E-state index contributed by atoms with van der Waals surface area (Å²) in [6.45, 7) is 0.963. The van der Waals surface area contributed by atoms with E-state index in [1.54, 1.807) is 0 Å². The second-order valence-electron chi connectivity index (χ2n) is 3.06. The molecule has 86 valence electrons. The van der Waals surface area contributed by atoms with Crippen molar-refractivity contribution in [3.63, 3.8) is 0 Å². The number of carbonyl (C=O) groups is 2. The Morgan fingerprint density at radius 1 is 1.38 bits per heavy atom. The predicted molar refractivity (Wildman–Crippen MR) is 51.8 cm³/mol. The van der Waals surface area contributed by atoms with Crippen LogP contribution >= 0.6 is 11.6 Å². The quantitative estimate of drug-likeness (QED) is 0.596. The molecule has 0 aliphatic heterocycles. The number of ketones is 1. The van der Waals surface area contributed by atoms with Crippen molar-refractivity contribution >= 4 is 23.7 Å². The van der Waals surface area contributed by atoms with Gasteiger partial charge in [-0.15, -0.1) is 0 Å². The van der Waals surface area contributed by atoms with E-state index >= 15 is 0 Å². The summed E-state index contributed by atoms with van der Waals surface area (Å²) in [5, 5.41) is -0.314. The molecule has 6 heteroatoms. The maximum atomic E-state index is 12.7. The first-order chi connectivity index (χ1) is 7.29. The fraction of sp³-hybridized carbons (Fsp3) is 0.200. The molecule has 1 rings (SSSR count). The van der Waals surface area contributed by atoms with Gasteiger partial charge in [-0.1, -0.05) is 11.6 Å². The second-order valence-corrected chi connectivity index (χ2v) is 3.47. The Balaban J connectivity index is 3.69. The van der Waals surface area contributed by atoms with Crippen LogP contribution < -0.4 is 0 Å². The van der Waals surface area contributed by atoms with Gasteiger partial charge in [-0.25, -0.2) is 0 Å². The Bertz CT molecular complexity index is 452. The van der Waals surface area contributed by atoms with Crippen molar-refractivity contribution in [2.24, 2.45) is 0 Å². The van der Waals surface area contributed by atoms with E-state index in [-0.39, 0.29) is 11.3 Å². The molecule has 0 aliphatic carbocycles. The minimum atomic E-state index is -4.79. The summed E-state index contributed by atoms with van der Waals surface area (Å²) < 4.78 is 38.0. The first kappa shape index (κ1) is 12.7. The van der Waals surface area contributed by atoms with Gasteiger partial charge >= 0.3 is 6.18 Å². The first-order valence-corrected chi connectivity index (χ1v) is 4.52. The zero-order valence-electron chi connectivity index (χ0n) is 8.06.